The maximum atomic E-state index is 3.72. The van der Waals surface area contributed by atoms with Crippen LogP contribution in [0.1, 0.15) is 37.8 Å². The average Bonchev–Trinajstić information content (AvgIpc) is 3.04. The van der Waals surface area contributed by atoms with Crippen LogP contribution in [0.15, 0.2) is 24.3 Å². The highest BCUT2D eigenvalue weighted by Gasteiger charge is 2.28. The fourth-order valence-electron chi connectivity index (χ4n) is 2.41. The largest absolute Gasteiger partial charge is 0.311 e. The summed E-state index contributed by atoms with van der Waals surface area (Å²) in [4.78, 5) is 0. The predicted octanol–water partition coefficient (Wildman–Crippen LogP) is 3.31. The molecule has 1 heteroatoms. The van der Waals surface area contributed by atoms with Gasteiger partial charge in [-0.1, -0.05) is 24.3 Å². The number of rotatable bonds is 5. The standard InChI is InChI=1S/C15H23N/c1-11-6-4-5-7-15(11)10-12(2)16-13(3)14-8-9-14/h4-7,12-14,16H,8-10H2,1-3H3. The van der Waals surface area contributed by atoms with Gasteiger partial charge >= 0.3 is 0 Å². The highest BCUT2D eigenvalue weighted by Crippen LogP contribution is 2.32. The SMILES string of the molecule is Cc1ccccc1CC(C)NC(C)C1CC1. The third-order valence-corrected chi connectivity index (χ3v) is 3.66. The van der Waals surface area contributed by atoms with Crippen molar-refractivity contribution in [2.24, 2.45) is 5.92 Å². The molecule has 1 nitrogen and oxygen atoms in total. The first-order valence-corrected chi connectivity index (χ1v) is 6.47. The Balaban J connectivity index is 1.86. The zero-order valence-electron chi connectivity index (χ0n) is 10.7. The van der Waals surface area contributed by atoms with E-state index in [-0.39, 0.29) is 0 Å². The number of hydrogen-bond acceptors (Lipinski definition) is 1. The molecule has 0 heterocycles. The van der Waals surface area contributed by atoms with Gasteiger partial charge in [0.05, 0.1) is 0 Å². The van der Waals surface area contributed by atoms with Gasteiger partial charge in [0, 0.05) is 12.1 Å². The second kappa shape index (κ2) is 5.01. The van der Waals surface area contributed by atoms with Crippen LogP contribution in [0.3, 0.4) is 0 Å². The Morgan fingerprint density at radius 2 is 1.94 bits per heavy atom. The summed E-state index contributed by atoms with van der Waals surface area (Å²) in [6, 6.07) is 9.97. The molecule has 0 bridgehead atoms. The molecule has 2 atom stereocenters. The van der Waals surface area contributed by atoms with E-state index in [1.54, 1.807) is 0 Å². The van der Waals surface area contributed by atoms with E-state index < -0.39 is 0 Å². The molecular weight excluding hydrogens is 194 g/mol. The van der Waals surface area contributed by atoms with E-state index in [1.165, 1.54) is 24.0 Å². The van der Waals surface area contributed by atoms with Crippen LogP contribution in [0.2, 0.25) is 0 Å². The van der Waals surface area contributed by atoms with Gasteiger partial charge in [-0.15, -0.1) is 0 Å². The lowest BCUT2D eigenvalue weighted by Crippen LogP contribution is -2.37. The minimum Gasteiger partial charge on any atom is -0.311 e. The van der Waals surface area contributed by atoms with Gasteiger partial charge < -0.3 is 5.32 Å². The molecule has 0 saturated heterocycles. The minimum atomic E-state index is 0.580. The summed E-state index contributed by atoms with van der Waals surface area (Å²) < 4.78 is 0. The maximum Gasteiger partial charge on any atom is 0.00818 e. The first-order chi connectivity index (χ1) is 7.66. The van der Waals surface area contributed by atoms with Crippen molar-refractivity contribution in [1.29, 1.82) is 0 Å². The lowest BCUT2D eigenvalue weighted by atomic mass is 10.0. The van der Waals surface area contributed by atoms with Crippen molar-refractivity contribution in [3.05, 3.63) is 35.4 Å². The molecule has 1 aromatic carbocycles. The molecule has 0 spiro atoms. The van der Waals surface area contributed by atoms with Crippen molar-refractivity contribution in [2.45, 2.75) is 52.1 Å². The highest BCUT2D eigenvalue weighted by atomic mass is 14.9. The second-order valence-electron chi connectivity index (χ2n) is 5.32. The van der Waals surface area contributed by atoms with Gasteiger partial charge in [-0.25, -0.2) is 0 Å². The monoisotopic (exact) mass is 217 g/mol. The first-order valence-electron chi connectivity index (χ1n) is 6.47. The fraction of sp³-hybridized carbons (Fsp3) is 0.600. The van der Waals surface area contributed by atoms with Gasteiger partial charge in [-0.2, -0.15) is 0 Å². The molecule has 1 N–H and O–H groups in total. The smallest absolute Gasteiger partial charge is 0.00818 e. The number of hydrogen-bond donors (Lipinski definition) is 1. The second-order valence-corrected chi connectivity index (χ2v) is 5.32. The summed E-state index contributed by atoms with van der Waals surface area (Å²) in [7, 11) is 0. The van der Waals surface area contributed by atoms with Crippen molar-refractivity contribution in [3.63, 3.8) is 0 Å². The van der Waals surface area contributed by atoms with E-state index in [1.807, 2.05) is 0 Å². The molecule has 1 aliphatic rings. The molecule has 0 radical (unpaired) electrons. The zero-order chi connectivity index (χ0) is 11.5. The maximum absolute atomic E-state index is 3.72. The topological polar surface area (TPSA) is 12.0 Å². The van der Waals surface area contributed by atoms with Crippen molar-refractivity contribution in [2.75, 3.05) is 0 Å². The molecule has 1 fully saturated rings. The molecule has 1 saturated carbocycles. The summed E-state index contributed by atoms with van der Waals surface area (Å²) in [6.07, 6.45) is 3.99. The summed E-state index contributed by atoms with van der Waals surface area (Å²) in [5.41, 5.74) is 2.89. The normalized spacial score (nSPS) is 19.4. The van der Waals surface area contributed by atoms with Crippen LogP contribution < -0.4 is 5.32 Å². The summed E-state index contributed by atoms with van der Waals surface area (Å²) in [6.45, 7) is 6.82. The Bertz CT molecular complexity index is 341. The average molecular weight is 217 g/mol. The summed E-state index contributed by atoms with van der Waals surface area (Å²) >= 11 is 0. The van der Waals surface area contributed by atoms with Crippen LogP contribution >= 0.6 is 0 Å². The minimum absolute atomic E-state index is 0.580. The van der Waals surface area contributed by atoms with Gasteiger partial charge in [0.15, 0.2) is 0 Å². The Morgan fingerprint density at radius 1 is 1.25 bits per heavy atom. The lowest BCUT2D eigenvalue weighted by molar-refractivity contribution is 0.430. The molecule has 1 aliphatic carbocycles. The van der Waals surface area contributed by atoms with Gasteiger partial charge in [0.25, 0.3) is 0 Å². The van der Waals surface area contributed by atoms with Crippen molar-refractivity contribution in [1.82, 2.24) is 5.32 Å². The van der Waals surface area contributed by atoms with Gasteiger partial charge in [-0.3, -0.25) is 0 Å². The highest BCUT2D eigenvalue weighted by molar-refractivity contribution is 5.26. The van der Waals surface area contributed by atoms with Crippen molar-refractivity contribution >= 4 is 0 Å². The first kappa shape index (κ1) is 11.7. The van der Waals surface area contributed by atoms with Crippen molar-refractivity contribution in [3.8, 4) is 0 Å². The number of nitrogens with one attached hydrogen (secondary N) is 1. The Morgan fingerprint density at radius 3 is 2.56 bits per heavy atom. The Hall–Kier alpha value is -0.820. The molecule has 2 rings (SSSR count). The molecule has 1 aromatic rings. The van der Waals surface area contributed by atoms with E-state index in [0.29, 0.717) is 12.1 Å². The molecule has 0 aromatic heterocycles. The lowest BCUT2D eigenvalue weighted by Gasteiger charge is -2.20. The van der Waals surface area contributed by atoms with E-state index in [4.69, 9.17) is 0 Å². The van der Waals surface area contributed by atoms with Gasteiger partial charge in [-0.05, 0) is 57.1 Å². The molecule has 0 aliphatic heterocycles. The third kappa shape index (κ3) is 3.08. The third-order valence-electron chi connectivity index (χ3n) is 3.66. The number of aryl methyl sites for hydroxylation is 1. The van der Waals surface area contributed by atoms with E-state index in [0.717, 1.165) is 12.3 Å². The fourth-order valence-corrected chi connectivity index (χ4v) is 2.41. The van der Waals surface area contributed by atoms with Crippen LogP contribution in [-0.2, 0) is 6.42 Å². The summed E-state index contributed by atoms with van der Waals surface area (Å²) in [5.74, 6) is 0.944. The summed E-state index contributed by atoms with van der Waals surface area (Å²) in [5, 5.41) is 3.72. The van der Waals surface area contributed by atoms with Crippen LogP contribution in [0.5, 0.6) is 0 Å². The molecule has 0 amide bonds. The van der Waals surface area contributed by atoms with Crippen LogP contribution in [0.4, 0.5) is 0 Å². The van der Waals surface area contributed by atoms with Gasteiger partial charge in [0.2, 0.25) is 0 Å². The molecule has 88 valence electrons. The molecule has 16 heavy (non-hydrogen) atoms. The van der Waals surface area contributed by atoms with E-state index in [9.17, 15) is 0 Å². The molecular formula is C15H23N. The number of benzene rings is 1. The predicted molar refractivity (Wildman–Crippen MR) is 69.7 cm³/mol. The van der Waals surface area contributed by atoms with Crippen molar-refractivity contribution < 1.29 is 0 Å². The van der Waals surface area contributed by atoms with Crippen LogP contribution in [0.25, 0.3) is 0 Å². The zero-order valence-corrected chi connectivity index (χ0v) is 10.7. The van der Waals surface area contributed by atoms with Crippen LogP contribution in [0, 0.1) is 12.8 Å². The Kier molecular flexibility index (Phi) is 3.65. The van der Waals surface area contributed by atoms with E-state index >= 15 is 0 Å². The quantitative estimate of drug-likeness (QED) is 0.798. The van der Waals surface area contributed by atoms with E-state index in [2.05, 4.69) is 50.4 Å². The van der Waals surface area contributed by atoms with Crippen LogP contribution in [-0.4, -0.2) is 12.1 Å². The van der Waals surface area contributed by atoms with Gasteiger partial charge in [0.1, 0.15) is 0 Å². The Labute approximate surface area is 99.3 Å². The molecule has 2 unspecified atom stereocenters.